The van der Waals surface area contributed by atoms with Crippen molar-refractivity contribution in [3.8, 4) is 0 Å². The van der Waals surface area contributed by atoms with Crippen LogP contribution < -0.4 is 10.6 Å². The van der Waals surface area contributed by atoms with Gasteiger partial charge in [0.05, 0.1) is 0 Å². The van der Waals surface area contributed by atoms with Crippen molar-refractivity contribution in [3.05, 3.63) is 65.4 Å². The third-order valence-electron chi connectivity index (χ3n) is 7.02. The van der Waals surface area contributed by atoms with Crippen LogP contribution in [0.25, 0.3) is 10.9 Å². The smallest absolute Gasteiger partial charge is 0.319 e. The number of carbonyl (C=O) groups is 1. The lowest BCUT2D eigenvalue weighted by atomic mass is 9.75. The molecule has 32 heavy (non-hydrogen) atoms. The Kier molecular flexibility index (Phi) is 7.33. The molecule has 0 saturated heterocycles. The molecule has 2 amide bonds. The van der Waals surface area contributed by atoms with Crippen LogP contribution in [-0.2, 0) is 12.5 Å². The van der Waals surface area contributed by atoms with Crippen LogP contribution in [0.1, 0.15) is 82.9 Å². The Hall–Kier alpha value is -2.75. The number of hydrogen-bond donors (Lipinski definition) is 2. The monoisotopic (exact) mass is 433 g/mol. The Morgan fingerprint density at radius 3 is 2.09 bits per heavy atom. The summed E-state index contributed by atoms with van der Waals surface area (Å²) in [5, 5.41) is 7.69. The van der Waals surface area contributed by atoms with Crippen LogP contribution in [0, 0.1) is 0 Å². The normalized spacial score (nSPS) is 12.0. The van der Waals surface area contributed by atoms with Crippen molar-refractivity contribution in [2.75, 3.05) is 11.9 Å². The summed E-state index contributed by atoms with van der Waals surface area (Å²) in [6, 6.07) is 14.7. The summed E-state index contributed by atoms with van der Waals surface area (Å²) in [5.74, 6) is 0.676. The number of fused-ring (bicyclic) bond motifs is 1. The average molecular weight is 434 g/mol. The SMILES string of the molecule is CCC(CC)(CNC(=O)Nc1c(C(C)C)cccc1C(C)C)c1cn(C)c2ccccc12. The van der Waals surface area contributed by atoms with E-state index in [1.165, 1.54) is 27.6 Å². The first kappa shape index (κ1) is 23.9. The fraction of sp³-hybridized carbons (Fsp3) is 0.464. The molecule has 0 spiro atoms. The van der Waals surface area contributed by atoms with Crippen molar-refractivity contribution in [1.29, 1.82) is 0 Å². The van der Waals surface area contributed by atoms with Crippen LogP contribution in [0.3, 0.4) is 0 Å². The van der Waals surface area contributed by atoms with Crippen molar-refractivity contribution < 1.29 is 4.79 Å². The second kappa shape index (κ2) is 9.81. The molecule has 3 aromatic rings. The molecule has 2 N–H and O–H groups in total. The number of nitrogens with one attached hydrogen (secondary N) is 2. The highest BCUT2D eigenvalue weighted by atomic mass is 16.2. The van der Waals surface area contributed by atoms with E-state index in [1.807, 2.05) is 0 Å². The molecule has 4 nitrogen and oxygen atoms in total. The van der Waals surface area contributed by atoms with Crippen molar-refractivity contribution in [2.45, 2.75) is 71.6 Å². The molecule has 2 aromatic carbocycles. The predicted octanol–water partition coefficient (Wildman–Crippen LogP) is 7.30. The number of nitrogens with zero attached hydrogens (tertiary/aromatic N) is 1. The number of aryl methyl sites for hydroxylation is 1. The Morgan fingerprint density at radius 1 is 0.938 bits per heavy atom. The van der Waals surface area contributed by atoms with Crippen LogP contribution in [0.2, 0.25) is 0 Å². The van der Waals surface area contributed by atoms with E-state index in [9.17, 15) is 4.79 Å². The molecule has 172 valence electrons. The molecule has 0 unspecified atom stereocenters. The number of anilines is 1. The highest BCUT2D eigenvalue weighted by Crippen LogP contribution is 2.37. The standard InChI is InChI=1S/C28H39N3O/c1-8-28(9-2,24-17-31(7)25-16-11-10-13-23(24)25)18-29-27(32)30-26-21(19(3)4)14-12-15-22(26)20(5)6/h10-17,19-20H,8-9,18H2,1-7H3,(H2,29,30,32). The lowest BCUT2D eigenvalue weighted by Crippen LogP contribution is -2.42. The van der Waals surface area contributed by atoms with Gasteiger partial charge in [-0.25, -0.2) is 4.79 Å². The highest BCUT2D eigenvalue weighted by Gasteiger charge is 2.32. The molecule has 4 heteroatoms. The Bertz CT molecular complexity index is 1050. The topological polar surface area (TPSA) is 46.1 Å². The second-order valence-corrected chi connectivity index (χ2v) is 9.59. The quantitative estimate of drug-likeness (QED) is 0.384. The molecule has 0 fully saturated rings. The predicted molar refractivity (Wildman–Crippen MR) is 137 cm³/mol. The average Bonchev–Trinajstić information content (AvgIpc) is 3.12. The van der Waals surface area contributed by atoms with Gasteiger partial charge >= 0.3 is 6.03 Å². The Labute approximate surface area is 193 Å². The van der Waals surface area contributed by atoms with Gasteiger partial charge in [-0.1, -0.05) is 77.9 Å². The lowest BCUT2D eigenvalue weighted by Gasteiger charge is -2.32. The summed E-state index contributed by atoms with van der Waals surface area (Å²) < 4.78 is 2.19. The molecule has 1 heterocycles. The molecular formula is C28H39N3O. The molecular weight excluding hydrogens is 394 g/mol. The largest absolute Gasteiger partial charge is 0.350 e. The number of hydrogen-bond acceptors (Lipinski definition) is 1. The number of para-hydroxylation sites is 2. The molecule has 0 bridgehead atoms. The molecule has 0 aliphatic rings. The van der Waals surface area contributed by atoms with Gasteiger partial charge in [0.25, 0.3) is 0 Å². The van der Waals surface area contributed by atoms with Gasteiger partial charge in [0, 0.05) is 41.8 Å². The van der Waals surface area contributed by atoms with E-state index >= 15 is 0 Å². The fourth-order valence-electron chi connectivity index (χ4n) is 4.84. The second-order valence-electron chi connectivity index (χ2n) is 9.59. The van der Waals surface area contributed by atoms with Crippen LogP contribution in [0.5, 0.6) is 0 Å². The molecule has 0 aliphatic carbocycles. The van der Waals surface area contributed by atoms with E-state index in [0.29, 0.717) is 18.4 Å². The van der Waals surface area contributed by atoms with E-state index in [4.69, 9.17) is 0 Å². The van der Waals surface area contributed by atoms with Crippen LogP contribution in [-0.4, -0.2) is 17.1 Å². The zero-order chi connectivity index (χ0) is 23.5. The molecule has 1 aromatic heterocycles. The van der Waals surface area contributed by atoms with Gasteiger partial charge in [-0.2, -0.15) is 0 Å². The lowest BCUT2D eigenvalue weighted by molar-refractivity contribution is 0.247. The van der Waals surface area contributed by atoms with E-state index in [-0.39, 0.29) is 11.4 Å². The number of benzene rings is 2. The maximum Gasteiger partial charge on any atom is 0.319 e. The van der Waals surface area contributed by atoms with Crippen LogP contribution in [0.4, 0.5) is 10.5 Å². The summed E-state index contributed by atoms with van der Waals surface area (Å²) in [6.07, 6.45) is 4.15. The maximum atomic E-state index is 13.1. The van der Waals surface area contributed by atoms with E-state index in [2.05, 4.69) is 112 Å². The summed E-state index contributed by atoms with van der Waals surface area (Å²) in [4.78, 5) is 13.1. The zero-order valence-corrected chi connectivity index (χ0v) is 20.8. The van der Waals surface area contributed by atoms with Crippen molar-refractivity contribution in [2.24, 2.45) is 7.05 Å². The number of urea groups is 1. The van der Waals surface area contributed by atoms with Gasteiger partial charge in [0.1, 0.15) is 0 Å². The Morgan fingerprint density at radius 2 is 1.53 bits per heavy atom. The van der Waals surface area contributed by atoms with Gasteiger partial charge in [-0.3, -0.25) is 0 Å². The number of aromatic nitrogens is 1. The first-order valence-corrected chi connectivity index (χ1v) is 12.0. The van der Waals surface area contributed by atoms with Gasteiger partial charge in [-0.05, 0) is 47.4 Å². The van der Waals surface area contributed by atoms with Crippen LogP contribution in [0.15, 0.2) is 48.7 Å². The van der Waals surface area contributed by atoms with E-state index in [0.717, 1.165) is 18.5 Å². The molecule has 0 aliphatic heterocycles. The summed E-state index contributed by atoms with van der Waals surface area (Å²) in [7, 11) is 2.10. The van der Waals surface area contributed by atoms with E-state index < -0.39 is 0 Å². The van der Waals surface area contributed by atoms with Gasteiger partial charge in [0.15, 0.2) is 0 Å². The summed E-state index contributed by atoms with van der Waals surface area (Å²) in [6.45, 7) is 13.7. The summed E-state index contributed by atoms with van der Waals surface area (Å²) >= 11 is 0. The maximum absolute atomic E-state index is 13.1. The zero-order valence-electron chi connectivity index (χ0n) is 20.8. The van der Waals surface area contributed by atoms with Crippen molar-refractivity contribution in [1.82, 2.24) is 9.88 Å². The summed E-state index contributed by atoms with van der Waals surface area (Å²) in [5.41, 5.74) is 5.74. The van der Waals surface area contributed by atoms with Crippen LogP contribution >= 0.6 is 0 Å². The Balaban J connectivity index is 1.87. The minimum absolute atomic E-state index is 0.114. The van der Waals surface area contributed by atoms with Gasteiger partial charge < -0.3 is 15.2 Å². The minimum Gasteiger partial charge on any atom is -0.350 e. The van der Waals surface area contributed by atoms with Gasteiger partial charge in [-0.15, -0.1) is 0 Å². The highest BCUT2D eigenvalue weighted by molar-refractivity contribution is 5.91. The number of amides is 2. The molecule has 3 rings (SSSR count). The fourth-order valence-corrected chi connectivity index (χ4v) is 4.84. The third-order valence-corrected chi connectivity index (χ3v) is 7.02. The first-order valence-electron chi connectivity index (χ1n) is 12.0. The first-order chi connectivity index (χ1) is 15.2. The number of rotatable bonds is 8. The third kappa shape index (κ3) is 4.55. The van der Waals surface area contributed by atoms with Crippen molar-refractivity contribution >= 4 is 22.6 Å². The minimum atomic E-state index is -0.133. The number of carbonyl (C=O) groups excluding carboxylic acids is 1. The molecule has 0 atom stereocenters. The van der Waals surface area contributed by atoms with Crippen molar-refractivity contribution in [3.63, 3.8) is 0 Å². The van der Waals surface area contributed by atoms with Gasteiger partial charge in [0.2, 0.25) is 0 Å². The van der Waals surface area contributed by atoms with E-state index in [1.54, 1.807) is 0 Å². The molecule has 0 saturated carbocycles. The molecule has 0 radical (unpaired) electrons.